The van der Waals surface area contributed by atoms with Gasteiger partial charge in [0.2, 0.25) is 0 Å². The third-order valence-electron chi connectivity index (χ3n) is 1.31. The molecule has 0 fully saturated rings. The topological polar surface area (TPSA) is 46.5 Å². The first-order chi connectivity index (χ1) is 5.25. The van der Waals surface area contributed by atoms with Gasteiger partial charge in [-0.05, 0) is 12.1 Å². The second-order valence-corrected chi connectivity index (χ2v) is 2.01. The molecule has 0 aliphatic rings. The minimum atomic E-state index is -0.525. The normalized spacial score (nSPS) is 8.42. The van der Waals surface area contributed by atoms with Crippen molar-refractivity contribution in [3.05, 3.63) is 29.8 Å². The Bertz CT molecular complexity index is 268. The molecule has 0 aromatic heterocycles. The van der Waals surface area contributed by atoms with E-state index in [1.807, 2.05) is 0 Å². The predicted octanol–water partition coefficient (Wildman–Crippen LogP) is 1.81. The lowest BCUT2D eigenvalue weighted by molar-refractivity contribution is 0.0597. The van der Waals surface area contributed by atoms with Crippen LogP contribution >= 0.6 is 0 Å². The first-order valence-electron chi connectivity index (χ1n) is 3.12. The SMILES string of the molecule is C.COC(=O)c1ccccc1O. The summed E-state index contributed by atoms with van der Waals surface area (Å²) in [7, 11) is 1.27. The maximum absolute atomic E-state index is 10.9. The van der Waals surface area contributed by atoms with Crippen LogP contribution in [-0.2, 0) is 4.74 Å². The average Bonchev–Trinajstić information content (AvgIpc) is 2.04. The van der Waals surface area contributed by atoms with Gasteiger partial charge in [0, 0.05) is 0 Å². The van der Waals surface area contributed by atoms with Gasteiger partial charge >= 0.3 is 5.97 Å². The van der Waals surface area contributed by atoms with Crippen LogP contribution in [0.1, 0.15) is 17.8 Å². The van der Waals surface area contributed by atoms with Gasteiger partial charge in [-0.2, -0.15) is 0 Å². The van der Waals surface area contributed by atoms with Gasteiger partial charge in [0.15, 0.2) is 0 Å². The van der Waals surface area contributed by atoms with Gasteiger partial charge in [-0.1, -0.05) is 19.6 Å². The Hall–Kier alpha value is -1.51. The van der Waals surface area contributed by atoms with Crippen molar-refractivity contribution in [3.8, 4) is 5.75 Å². The molecule has 0 bridgehead atoms. The molecule has 0 aliphatic carbocycles. The van der Waals surface area contributed by atoms with E-state index in [1.54, 1.807) is 12.1 Å². The molecule has 1 N–H and O–H groups in total. The van der Waals surface area contributed by atoms with Crippen molar-refractivity contribution in [2.75, 3.05) is 7.11 Å². The van der Waals surface area contributed by atoms with Crippen LogP contribution in [0.4, 0.5) is 0 Å². The van der Waals surface area contributed by atoms with Gasteiger partial charge < -0.3 is 9.84 Å². The highest BCUT2D eigenvalue weighted by molar-refractivity contribution is 5.92. The van der Waals surface area contributed by atoms with Crippen LogP contribution in [0, 0.1) is 0 Å². The summed E-state index contributed by atoms with van der Waals surface area (Å²) in [6, 6.07) is 6.24. The highest BCUT2D eigenvalue weighted by Crippen LogP contribution is 2.15. The molecule has 0 heterocycles. The second-order valence-electron chi connectivity index (χ2n) is 2.01. The fourth-order valence-electron chi connectivity index (χ4n) is 0.756. The zero-order valence-electron chi connectivity index (χ0n) is 6.07. The number of phenols is 1. The van der Waals surface area contributed by atoms with Crippen LogP contribution in [0.5, 0.6) is 5.75 Å². The van der Waals surface area contributed by atoms with Crippen LogP contribution in [0.2, 0.25) is 0 Å². The Labute approximate surface area is 71.6 Å². The monoisotopic (exact) mass is 168 g/mol. The van der Waals surface area contributed by atoms with Crippen molar-refractivity contribution in [2.45, 2.75) is 7.43 Å². The van der Waals surface area contributed by atoms with Gasteiger partial charge in [0.1, 0.15) is 11.3 Å². The number of rotatable bonds is 1. The van der Waals surface area contributed by atoms with Gasteiger partial charge in [0.05, 0.1) is 7.11 Å². The molecule has 0 radical (unpaired) electrons. The number of esters is 1. The number of hydrogen-bond acceptors (Lipinski definition) is 3. The smallest absolute Gasteiger partial charge is 0.341 e. The zero-order valence-corrected chi connectivity index (χ0v) is 6.07. The number of benzene rings is 1. The average molecular weight is 168 g/mol. The molecule has 0 saturated heterocycles. The van der Waals surface area contributed by atoms with Crippen LogP contribution in [-0.4, -0.2) is 18.2 Å². The van der Waals surface area contributed by atoms with Crippen LogP contribution in [0.3, 0.4) is 0 Å². The fourth-order valence-corrected chi connectivity index (χ4v) is 0.756. The number of phenolic OH excluding ortho intramolecular Hbond substituents is 1. The van der Waals surface area contributed by atoms with Crippen molar-refractivity contribution in [1.29, 1.82) is 0 Å². The van der Waals surface area contributed by atoms with Gasteiger partial charge in [-0.15, -0.1) is 0 Å². The molecule has 12 heavy (non-hydrogen) atoms. The van der Waals surface area contributed by atoms with Crippen molar-refractivity contribution in [2.24, 2.45) is 0 Å². The predicted molar refractivity (Wildman–Crippen MR) is 46.2 cm³/mol. The Morgan fingerprint density at radius 2 is 2.00 bits per heavy atom. The number of carbonyl (C=O) groups is 1. The lowest BCUT2D eigenvalue weighted by atomic mass is 10.2. The molecule has 0 amide bonds. The quantitative estimate of drug-likeness (QED) is 0.650. The van der Waals surface area contributed by atoms with Gasteiger partial charge in [-0.25, -0.2) is 4.79 Å². The Kier molecular flexibility index (Phi) is 3.83. The standard InChI is InChI=1S/C8H8O3.CH4/c1-11-8(10)6-4-2-3-5-7(6)9;/h2-5,9H,1H3;1H4. The Morgan fingerprint density at radius 3 is 2.50 bits per heavy atom. The highest BCUT2D eigenvalue weighted by atomic mass is 16.5. The second kappa shape index (κ2) is 4.38. The molecule has 0 spiro atoms. The van der Waals surface area contributed by atoms with Crippen LogP contribution in [0.15, 0.2) is 24.3 Å². The molecular weight excluding hydrogens is 156 g/mol. The molecule has 3 heteroatoms. The van der Waals surface area contributed by atoms with E-state index in [2.05, 4.69) is 4.74 Å². The summed E-state index contributed by atoms with van der Waals surface area (Å²) in [6.45, 7) is 0. The van der Waals surface area contributed by atoms with E-state index in [0.29, 0.717) is 0 Å². The van der Waals surface area contributed by atoms with Gasteiger partial charge in [-0.3, -0.25) is 0 Å². The number of para-hydroxylation sites is 1. The van der Waals surface area contributed by atoms with Crippen LogP contribution < -0.4 is 0 Å². The van der Waals surface area contributed by atoms with E-state index in [0.717, 1.165) is 0 Å². The van der Waals surface area contributed by atoms with E-state index < -0.39 is 5.97 Å². The van der Waals surface area contributed by atoms with E-state index in [1.165, 1.54) is 19.2 Å². The summed E-state index contributed by atoms with van der Waals surface area (Å²) in [4.78, 5) is 10.9. The summed E-state index contributed by atoms with van der Waals surface area (Å²) in [5.41, 5.74) is 0.190. The number of aromatic hydroxyl groups is 1. The minimum Gasteiger partial charge on any atom is -0.507 e. The molecule has 0 aliphatic heterocycles. The van der Waals surface area contributed by atoms with E-state index >= 15 is 0 Å². The largest absolute Gasteiger partial charge is 0.507 e. The van der Waals surface area contributed by atoms with Gasteiger partial charge in [0.25, 0.3) is 0 Å². The number of hydrogen-bond donors (Lipinski definition) is 1. The molecule has 0 saturated carbocycles. The molecule has 0 unspecified atom stereocenters. The number of carbonyl (C=O) groups excluding carboxylic acids is 1. The number of ether oxygens (including phenoxy) is 1. The number of methoxy groups -OCH3 is 1. The van der Waals surface area contributed by atoms with Crippen molar-refractivity contribution in [1.82, 2.24) is 0 Å². The molecule has 0 atom stereocenters. The zero-order chi connectivity index (χ0) is 8.27. The third kappa shape index (κ3) is 1.99. The summed E-state index contributed by atoms with van der Waals surface area (Å²) < 4.78 is 4.42. The highest BCUT2D eigenvalue weighted by Gasteiger charge is 2.08. The van der Waals surface area contributed by atoms with Crippen molar-refractivity contribution >= 4 is 5.97 Å². The van der Waals surface area contributed by atoms with E-state index in [4.69, 9.17) is 5.11 Å². The molecule has 1 aromatic carbocycles. The maximum Gasteiger partial charge on any atom is 0.341 e. The summed E-state index contributed by atoms with van der Waals surface area (Å²) in [6.07, 6.45) is 0. The molecule has 3 nitrogen and oxygen atoms in total. The first-order valence-corrected chi connectivity index (χ1v) is 3.12. The minimum absolute atomic E-state index is 0. The molecular formula is C9H12O3. The summed E-state index contributed by atoms with van der Waals surface area (Å²) >= 11 is 0. The van der Waals surface area contributed by atoms with Crippen molar-refractivity contribution in [3.63, 3.8) is 0 Å². The lowest BCUT2D eigenvalue weighted by Gasteiger charge is -1.99. The van der Waals surface area contributed by atoms with Crippen LogP contribution in [0.25, 0.3) is 0 Å². The summed E-state index contributed by atoms with van der Waals surface area (Å²) in [5.74, 6) is -0.581. The third-order valence-corrected chi connectivity index (χ3v) is 1.31. The molecule has 1 aromatic rings. The maximum atomic E-state index is 10.9. The molecule has 1 rings (SSSR count). The van der Waals surface area contributed by atoms with E-state index in [9.17, 15) is 4.79 Å². The lowest BCUT2D eigenvalue weighted by Crippen LogP contribution is -2.00. The van der Waals surface area contributed by atoms with Crippen molar-refractivity contribution < 1.29 is 14.6 Å². The Balaban J connectivity index is 0.00000121. The van der Waals surface area contributed by atoms with E-state index in [-0.39, 0.29) is 18.7 Å². The Morgan fingerprint density at radius 1 is 1.42 bits per heavy atom. The fraction of sp³-hybridized carbons (Fsp3) is 0.222. The first kappa shape index (κ1) is 10.5. The summed E-state index contributed by atoms with van der Waals surface area (Å²) in [5, 5.41) is 9.11. The molecule has 66 valence electrons.